The third-order valence-electron chi connectivity index (χ3n) is 6.62. The van der Waals surface area contributed by atoms with Gasteiger partial charge in [-0.2, -0.15) is 0 Å². The highest BCUT2D eigenvalue weighted by molar-refractivity contribution is 6.99. The van der Waals surface area contributed by atoms with Crippen LogP contribution in [0, 0.1) is 5.21 Å². The van der Waals surface area contributed by atoms with E-state index in [-0.39, 0.29) is 11.6 Å². The molecule has 1 aliphatic heterocycles. The molecule has 3 aromatic rings. The Hall–Kier alpha value is -2.77. The van der Waals surface area contributed by atoms with E-state index < -0.39 is 26.3 Å². The Labute approximate surface area is 216 Å². The molecule has 0 unspecified atom stereocenters. The summed E-state index contributed by atoms with van der Waals surface area (Å²) in [5, 5.41) is 15.3. The van der Waals surface area contributed by atoms with Crippen molar-refractivity contribution < 1.29 is 18.6 Å². The zero-order chi connectivity index (χ0) is 25.8. The summed E-state index contributed by atoms with van der Waals surface area (Å²) in [6.45, 7) is 11.1. The van der Waals surface area contributed by atoms with Crippen molar-refractivity contribution in [1.82, 2.24) is 0 Å². The summed E-state index contributed by atoms with van der Waals surface area (Å²) in [5.74, 6) is -0.737. The van der Waals surface area contributed by atoms with Crippen molar-refractivity contribution in [3.05, 3.63) is 102 Å². The van der Waals surface area contributed by atoms with Crippen LogP contribution in [0.25, 0.3) is 0 Å². The van der Waals surface area contributed by atoms with Crippen molar-refractivity contribution in [2.75, 3.05) is 6.61 Å². The van der Waals surface area contributed by atoms with Crippen LogP contribution in [0.4, 0.5) is 0 Å². The highest BCUT2D eigenvalue weighted by Gasteiger charge is 2.53. The van der Waals surface area contributed by atoms with Crippen LogP contribution in [0.1, 0.15) is 40.2 Å². The van der Waals surface area contributed by atoms with E-state index in [4.69, 9.17) is 13.9 Å². The number of hydrogen-bond acceptors (Lipinski definition) is 4. The van der Waals surface area contributed by atoms with E-state index in [1.165, 1.54) is 0 Å². The largest absolute Gasteiger partial charge is 0.624 e. The third kappa shape index (κ3) is 5.79. The summed E-state index contributed by atoms with van der Waals surface area (Å²) in [6.07, 6.45) is 0.634. The number of benzene rings is 3. The average Bonchev–Trinajstić information content (AvgIpc) is 3.22. The molecular formula is C30H37NO4Si. The van der Waals surface area contributed by atoms with Gasteiger partial charge in [-0.25, -0.2) is 4.74 Å². The Morgan fingerprint density at radius 2 is 1.44 bits per heavy atom. The Morgan fingerprint density at radius 1 is 0.944 bits per heavy atom. The first kappa shape index (κ1) is 26.3. The lowest BCUT2D eigenvalue weighted by Gasteiger charge is -2.45. The Morgan fingerprint density at radius 3 is 1.89 bits per heavy atom. The van der Waals surface area contributed by atoms with Crippen LogP contribution < -0.4 is 10.4 Å². The molecule has 3 aromatic carbocycles. The van der Waals surface area contributed by atoms with Crippen molar-refractivity contribution in [1.29, 1.82) is 0 Å². The predicted octanol–water partition coefficient (Wildman–Crippen LogP) is 4.86. The lowest BCUT2D eigenvalue weighted by Crippen LogP contribution is -2.69. The van der Waals surface area contributed by atoms with Crippen LogP contribution in [0.2, 0.25) is 5.04 Å². The third-order valence-corrected chi connectivity index (χ3v) is 11.7. The van der Waals surface area contributed by atoms with Gasteiger partial charge in [-0.1, -0.05) is 112 Å². The molecule has 190 valence electrons. The van der Waals surface area contributed by atoms with E-state index in [9.17, 15) is 5.21 Å². The van der Waals surface area contributed by atoms with Gasteiger partial charge in [-0.15, -0.1) is 0 Å². The lowest BCUT2D eigenvalue weighted by atomic mass is 10.2. The van der Waals surface area contributed by atoms with Gasteiger partial charge in [0, 0.05) is 5.56 Å². The minimum Gasteiger partial charge on any atom is -0.624 e. The minimum atomic E-state index is -2.92. The van der Waals surface area contributed by atoms with E-state index in [0.717, 1.165) is 20.7 Å². The van der Waals surface area contributed by atoms with Gasteiger partial charge in [0.1, 0.15) is 6.10 Å². The van der Waals surface area contributed by atoms with Crippen LogP contribution in [0.3, 0.4) is 0 Å². The molecule has 0 aromatic heterocycles. The van der Waals surface area contributed by atoms with Gasteiger partial charge < -0.3 is 19.1 Å². The molecule has 0 N–H and O–H groups in total. The number of hydroxylamine groups is 1. The molecule has 1 heterocycles. The second-order valence-corrected chi connectivity index (χ2v) is 15.1. The van der Waals surface area contributed by atoms with E-state index in [1.807, 2.05) is 56.3 Å². The van der Waals surface area contributed by atoms with Crippen LogP contribution in [-0.2, 0) is 20.4 Å². The molecule has 0 bridgehead atoms. The van der Waals surface area contributed by atoms with Crippen molar-refractivity contribution in [3.63, 3.8) is 0 Å². The Kier molecular flexibility index (Phi) is 7.81. The van der Waals surface area contributed by atoms with Gasteiger partial charge >= 0.3 is 0 Å². The predicted molar refractivity (Wildman–Crippen MR) is 147 cm³/mol. The fraction of sp³-hybridized carbons (Fsp3) is 0.367. The van der Waals surface area contributed by atoms with Crippen LogP contribution in [-0.4, -0.2) is 43.9 Å². The summed E-state index contributed by atoms with van der Waals surface area (Å²) in [7, 11) is -2.92. The summed E-state index contributed by atoms with van der Waals surface area (Å²) in [6, 6.07) is 30.6. The van der Waals surface area contributed by atoms with Crippen LogP contribution in [0.15, 0.2) is 91.0 Å². The molecular weight excluding hydrogens is 466 g/mol. The molecule has 1 fully saturated rings. The highest BCUT2D eigenvalue weighted by atomic mass is 28.4. The lowest BCUT2D eigenvalue weighted by molar-refractivity contribution is -0.473. The minimum absolute atomic E-state index is 0.232. The number of ether oxygens (including phenoxy) is 2. The van der Waals surface area contributed by atoms with E-state index >= 15 is 0 Å². The zero-order valence-electron chi connectivity index (χ0n) is 21.9. The van der Waals surface area contributed by atoms with Crippen molar-refractivity contribution in [2.45, 2.75) is 64.2 Å². The number of rotatable bonds is 8. The van der Waals surface area contributed by atoms with Crippen LogP contribution >= 0.6 is 0 Å². The molecule has 1 aliphatic rings. The Balaban J connectivity index is 1.82. The smallest absolute Gasteiger partial charge is 0.262 e. The van der Waals surface area contributed by atoms with Crippen molar-refractivity contribution in [2.24, 2.45) is 0 Å². The normalized spacial score (nSPS) is 19.2. The summed E-state index contributed by atoms with van der Waals surface area (Å²) < 4.78 is 20.5. The monoisotopic (exact) mass is 503 g/mol. The molecule has 6 heteroatoms. The summed E-state index contributed by atoms with van der Waals surface area (Å²) in [4.78, 5) is 0. The first-order chi connectivity index (χ1) is 17.1. The highest BCUT2D eigenvalue weighted by Crippen LogP contribution is 2.38. The summed E-state index contributed by atoms with van der Waals surface area (Å²) >= 11 is 0. The standard InChI is InChI=1S/C30H37NO4Si/c1-29(2,3)36(25-17-11-7-12-18-25,26-19-13-8-14-20-26)35-27(28-23-33-30(4,5)34-28)22-31(32)21-24-15-9-6-10-16-24/h6-20,22,27-28H,21,23H2,1-5H3/b31-22-/t27-,28+/m0/s1. The topological polar surface area (TPSA) is 53.8 Å². The van der Waals surface area contributed by atoms with E-state index in [0.29, 0.717) is 6.61 Å². The molecule has 36 heavy (non-hydrogen) atoms. The van der Waals surface area contributed by atoms with Crippen LogP contribution in [0.5, 0.6) is 0 Å². The molecule has 0 amide bonds. The molecule has 4 rings (SSSR count). The number of hydrogen-bond donors (Lipinski definition) is 0. The Bertz CT molecular complexity index is 1100. The first-order valence-electron chi connectivity index (χ1n) is 12.5. The quantitative estimate of drug-likeness (QED) is 0.145. The molecule has 0 aliphatic carbocycles. The molecule has 0 saturated carbocycles. The van der Waals surface area contributed by atoms with Gasteiger partial charge in [0.05, 0.1) is 6.61 Å². The SMILES string of the molecule is CC1(C)OC[C@H]([C@H](/C=[N+](\[O-])Cc2ccccc2)O[Si](c2ccccc2)(c2ccccc2)C(C)(C)C)O1. The van der Waals surface area contributed by atoms with E-state index in [2.05, 4.69) is 69.3 Å². The van der Waals surface area contributed by atoms with Crippen molar-refractivity contribution >= 4 is 24.9 Å². The number of nitrogens with zero attached hydrogens (tertiary/aromatic N) is 1. The maximum absolute atomic E-state index is 13.2. The molecule has 1 saturated heterocycles. The summed E-state index contributed by atoms with van der Waals surface area (Å²) in [5.41, 5.74) is 0.942. The maximum Gasteiger partial charge on any atom is 0.262 e. The van der Waals surface area contributed by atoms with Crippen molar-refractivity contribution in [3.8, 4) is 0 Å². The molecule has 0 radical (unpaired) electrons. The average molecular weight is 504 g/mol. The second-order valence-electron chi connectivity index (χ2n) is 10.8. The maximum atomic E-state index is 13.2. The fourth-order valence-electron chi connectivity index (χ4n) is 4.95. The fourth-order valence-corrected chi connectivity index (χ4v) is 9.59. The van der Waals surface area contributed by atoms with Gasteiger partial charge in [0.25, 0.3) is 8.32 Å². The molecule has 5 nitrogen and oxygen atoms in total. The second kappa shape index (κ2) is 10.7. The van der Waals surface area contributed by atoms with E-state index in [1.54, 1.807) is 6.21 Å². The van der Waals surface area contributed by atoms with Gasteiger partial charge in [-0.05, 0) is 29.3 Å². The molecule has 2 atom stereocenters. The van der Waals surface area contributed by atoms with Gasteiger partial charge in [0.2, 0.25) is 0 Å². The first-order valence-corrected chi connectivity index (χ1v) is 14.4. The molecule has 0 spiro atoms. The zero-order valence-corrected chi connectivity index (χ0v) is 22.9. The van der Waals surface area contributed by atoms with Gasteiger partial charge in [-0.3, -0.25) is 0 Å². The van der Waals surface area contributed by atoms with Gasteiger partial charge in [0.15, 0.2) is 24.7 Å².